The summed E-state index contributed by atoms with van der Waals surface area (Å²) in [5, 5.41) is 5.44. The van der Waals surface area contributed by atoms with E-state index in [0.29, 0.717) is 29.8 Å². The molecule has 1 fully saturated rings. The smallest absolute Gasteiger partial charge is 0.302 e. The molecule has 0 saturated carbocycles. The number of oxime groups is 1. The van der Waals surface area contributed by atoms with Gasteiger partial charge >= 0.3 is 5.97 Å². The Kier molecular flexibility index (Phi) is 7.03. The van der Waals surface area contributed by atoms with Crippen molar-refractivity contribution in [1.82, 2.24) is 9.88 Å². The zero-order valence-corrected chi connectivity index (χ0v) is 22.1. The zero-order chi connectivity index (χ0) is 26.9. The summed E-state index contributed by atoms with van der Waals surface area (Å²) < 4.78 is 36.2. The molecular formula is C29H32FN3O6. The summed E-state index contributed by atoms with van der Waals surface area (Å²) in [5.74, 6) is 1.59. The molecule has 206 valence electrons. The summed E-state index contributed by atoms with van der Waals surface area (Å²) in [4.78, 5) is 22.6. The standard InChI is InChI=1S/C29H32FN3O6/c1-17(34)36-9-10-37-27-13-25-21(12-26(27)35-2)29-23(16-38-25)28(39-32-29)15-33-7-5-18(6-8-33)22-14-31-24-4-3-19(30)11-20(22)24/h3-4,11-14,18,23,28,31H,5-10,15-16H2,1-2H3. The summed E-state index contributed by atoms with van der Waals surface area (Å²) in [7, 11) is 1.58. The van der Waals surface area contributed by atoms with Crippen molar-refractivity contribution in [3.05, 3.63) is 53.5 Å². The molecule has 0 aliphatic carbocycles. The van der Waals surface area contributed by atoms with E-state index in [1.165, 1.54) is 18.6 Å². The van der Waals surface area contributed by atoms with Crippen molar-refractivity contribution < 1.29 is 33.0 Å². The average molecular weight is 538 g/mol. The highest BCUT2D eigenvalue weighted by atomic mass is 19.1. The van der Waals surface area contributed by atoms with Crippen molar-refractivity contribution in [3.8, 4) is 17.2 Å². The number of ether oxygens (including phenoxy) is 4. The van der Waals surface area contributed by atoms with Crippen LogP contribution in [-0.4, -0.2) is 74.2 Å². The molecule has 39 heavy (non-hydrogen) atoms. The summed E-state index contributed by atoms with van der Waals surface area (Å²) >= 11 is 0. The summed E-state index contributed by atoms with van der Waals surface area (Å²) in [5.41, 5.74) is 3.88. The lowest BCUT2D eigenvalue weighted by molar-refractivity contribution is -0.141. The zero-order valence-electron chi connectivity index (χ0n) is 22.1. The molecule has 9 nitrogen and oxygen atoms in total. The van der Waals surface area contributed by atoms with E-state index in [1.807, 2.05) is 12.3 Å². The Morgan fingerprint density at radius 1 is 1.18 bits per heavy atom. The summed E-state index contributed by atoms with van der Waals surface area (Å²) in [6, 6.07) is 8.58. The number of carbonyl (C=O) groups excluding carboxylic acids is 1. The van der Waals surface area contributed by atoms with Crippen LogP contribution in [0.3, 0.4) is 0 Å². The lowest BCUT2D eigenvalue weighted by atomic mass is 9.87. The van der Waals surface area contributed by atoms with E-state index in [-0.39, 0.29) is 37.0 Å². The first-order valence-electron chi connectivity index (χ1n) is 13.3. The van der Waals surface area contributed by atoms with Crippen LogP contribution < -0.4 is 14.2 Å². The van der Waals surface area contributed by atoms with Crippen LogP contribution >= 0.6 is 0 Å². The van der Waals surface area contributed by atoms with Gasteiger partial charge in [0.25, 0.3) is 0 Å². The third-order valence-corrected chi connectivity index (χ3v) is 7.83. The van der Waals surface area contributed by atoms with E-state index in [1.54, 1.807) is 25.3 Å². The molecule has 2 atom stereocenters. The van der Waals surface area contributed by atoms with Gasteiger partial charge in [-0.15, -0.1) is 0 Å². The Bertz CT molecular complexity index is 1400. The quantitative estimate of drug-likeness (QED) is 0.339. The van der Waals surface area contributed by atoms with E-state index in [0.717, 1.165) is 54.7 Å². The van der Waals surface area contributed by atoms with Crippen molar-refractivity contribution in [3.63, 3.8) is 0 Å². The molecule has 2 aromatic carbocycles. The number of nitrogens with one attached hydrogen (secondary N) is 1. The number of benzene rings is 2. The number of hydrogen-bond donors (Lipinski definition) is 1. The molecule has 1 saturated heterocycles. The Morgan fingerprint density at radius 3 is 2.82 bits per heavy atom. The first-order chi connectivity index (χ1) is 19.0. The van der Waals surface area contributed by atoms with Gasteiger partial charge in [0, 0.05) is 42.2 Å². The number of likely N-dealkylation sites (tertiary alicyclic amines) is 1. The monoisotopic (exact) mass is 537 g/mol. The van der Waals surface area contributed by atoms with Crippen LogP contribution in [-0.2, 0) is 14.4 Å². The molecule has 3 aromatic rings. The number of aromatic nitrogens is 1. The topological polar surface area (TPSA) is 94.6 Å². The Labute approximate surface area is 225 Å². The lowest BCUT2D eigenvalue weighted by Gasteiger charge is -2.34. The second kappa shape index (κ2) is 10.8. The third-order valence-electron chi connectivity index (χ3n) is 7.83. The van der Waals surface area contributed by atoms with Gasteiger partial charge < -0.3 is 28.8 Å². The first kappa shape index (κ1) is 25.5. The molecule has 0 radical (unpaired) electrons. The number of aromatic amines is 1. The molecule has 6 rings (SSSR count). The van der Waals surface area contributed by atoms with Crippen molar-refractivity contribution >= 4 is 22.6 Å². The van der Waals surface area contributed by atoms with Crippen LogP contribution in [0.1, 0.15) is 36.8 Å². The lowest BCUT2D eigenvalue weighted by Crippen LogP contribution is -2.43. The largest absolute Gasteiger partial charge is 0.493 e. The number of nitrogens with zero attached hydrogens (tertiary/aromatic N) is 2. The molecule has 3 aliphatic rings. The van der Waals surface area contributed by atoms with Gasteiger partial charge in [0.2, 0.25) is 0 Å². The minimum atomic E-state index is -0.352. The number of piperidine rings is 1. The maximum Gasteiger partial charge on any atom is 0.302 e. The number of halogens is 1. The van der Waals surface area contributed by atoms with Crippen LogP contribution in [0.4, 0.5) is 4.39 Å². The van der Waals surface area contributed by atoms with Crippen molar-refractivity contribution in [1.29, 1.82) is 0 Å². The van der Waals surface area contributed by atoms with Gasteiger partial charge in [-0.05, 0) is 61.7 Å². The maximum absolute atomic E-state index is 13.8. The second-order valence-corrected chi connectivity index (χ2v) is 10.2. The normalized spacial score (nSPS) is 20.9. The highest BCUT2D eigenvalue weighted by molar-refractivity contribution is 6.06. The Hall–Kier alpha value is -3.79. The third kappa shape index (κ3) is 5.13. The molecule has 1 aromatic heterocycles. The van der Waals surface area contributed by atoms with Crippen LogP contribution in [0.15, 0.2) is 41.7 Å². The van der Waals surface area contributed by atoms with Gasteiger partial charge in [0.05, 0.1) is 13.0 Å². The summed E-state index contributed by atoms with van der Waals surface area (Å²) in [6.45, 7) is 4.82. The number of carbonyl (C=O) groups is 1. The molecule has 3 aliphatic heterocycles. The minimum absolute atomic E-state index is 0.0206. The molecule has 1 N–H and O–H groups in total. The van der Waals surface area contributed by atoms with Crippen LogP contribution in [0.5, 0.6) is 17.2 Å². The van der Waals surface area contributed by atoms with E-state index < -0.39 is 0 Å². The fraction of sp³-hybridized carbons (Fsp3) is 0.448. The maximum atomic E-state index is 13.8. The number of methoxy groups -OCH3 is 1. The van der Waals surface area contributed by atoms with Gasteiger partial charge in [-0.2, -0.15) is 0 Å². The number of fused-ring (bicyclic) bond motifs is 4. The Balaban J connectivity index is 1.07. The Morgan fingerprint density at radius 2 is 2.03 bits per heavy atom. The fourth-order valence-electron chi connectivity index (χ4n) is 5.82. The van der Waals surface area contributed by atoms with Gasteiger partial charge in [0.15, 0.2) is 17.6 Å². The van der Waals surface area contributed by atoms with Gasteiger partial charge in [-0.25, -0.2) is 4.39 Å². The average Bonchev–Trinajstić information content (AvgIpc) is 3.55. The predicted molar refractivity (Wildman–Crippen MR) is 142 cm³/mol. The predicted octanol–water partition coefficient (Wildman–Crippen LogP) is 4.25. The van der Waals surface area contributed by atoms with Crippen molar-refractivity contribution in [2.45, 2.75) is 31.8 Å². The van der Waals surface area contributed by atoms with Crippen molar-refractivity contribution in [2.75, 3.05) is 46.6 Å². The van der Waals surface area contributed by atoms with E-state index in [9.17, 15) is 9.18 Å². The number of esters is 1. The van der Waals surface area contributed by atoms with E-state index >= 15 is 0 Å². The van der Waals surface area contributed by atoms with E-state index in [4.69, 9.17) is 23.8 Å². The summed E-state index contributed by atoms with van der Waals surface area (Å²) in [6.07, 6.45) is 3.94. The molecule has 4 heterocycles. The highest BCUT2D eigenvalue weighted by Gasteiger charge is 2.41. The number of rotatable bonds is 8. The van der Waals surface area contributed by atoms with Crippen LogP contribution in [0, 0.1) is 11.7 Å². The fourth-order valence-corrected chi connectivity index (χ4v) is 5.82. The van der Waals surface area contributed by atoms with Crippen LogP contribution in [0.2, 0.25) is 0 Å². The SMILES string of the molecule is COc1cc2c(cc1OCCOC(C)=O)OCC1C2=NOC1CN1CCC(c2c[nH]c3ccc(F)cc23)CC1. The molecule has 0 bridgehead atoms. The molecule has 10 heteroatoms. The van der Waals surface area contributed by atoms with E-state index in [2.05, 4.69) is 15.0 Å². The molecular weight excluding hydrogens is 505 g/mol. The number of H-pyrrole nitrogens is 1. The highest BCUT2D eigenvalue weighted by Crippen LogP contribution is 2.41. The molecule has 2 unspecified atom stereocenters. The van der Waals surface area contributed by atoms with Gasteiger partial charge in [0.1, 0.15) is 37.1 Å². The van der Waals surface area contributed by atoms with Crippen LogP contribution in [0.25, 0.3) is 10.9 Å². The first-order valence-corrected chi connectivity index (χ1v) is 13.3. The van der Waals surface area contributed by atoms with Gasteiger partial charge in [-0.3, -0.25) is 9.69 Å². The number of hydrogen-bond acceptors (Lipinski definition) is 8. The van der Waals surface area contributed by atoms with Crippen molar-refractivity contribution in [2.24, 2.45) is 11.1 Å². The molecule has 0 spiro atoms. The minimum Gasteiger partial charge on any atom is -0.493 e. The van der Waals surface area contributed by atoms with Gasteiger partial charge in [-0.1, -0.05) is 5.16 Å². The second-order valence-electron chi connectivity index (χ2n) is 10.2. The molecule has 0 amide bonds.